The highest BCUT2D eigenvalue weighted by molar-refractivity contribution is 7.90. The lowest BCUT2D eigenvalue weighted by molar-refractivity contribution is 0.0249. The summed E-state index contributed by atoms with van der Waals surface area (Å²) in [5, 5.41) is 0. The summed E-state index contributed by atoms with van der Waals surface area (Å²) in [7, 11) is 1.07. The summed E-state index contributed by atoms with van der Waals surface area (Å²) in [5.74, 6) is 0.614. The van der Waals surface area contributed by atoms with Crippen LogP contribution in [-0.2, 0) is 15.4 Å². The quantitative estimate of drug-likeness (QED) is 0.609. The minimum Gasteiger partial charge on any atom is -0.317 e. The molecule has 7 heteroatoms. The van der Waals surface area contributed by atoms with Gasteiger partial charge in [-0.05, 0) is 88.4 Å². The van der Waals surface area contributed by atoms with Crippen LogP contribution in [0.2, 0.25) is 0 Å². The van der Waals surface area contributed by atoms with E-state index in [4.69, 9.17) is 0 Å². The van der Waals surface area contributed by atoms with E-state index in [1.807, 2.05) is 4.90 Å². The van der Waals surface area contributed by atoms with Crippen LogP contribution in [0.1, 0.15) is 44.1 Å². The summed E-state index contributed by atoms with van der Waals surface area (Å²) in [6.45, 7) is 1.49. The molecule has 2 aromatic carbocycles. The van der Waals surface area contributed by atoms with E-state index in [0.29, 0.717) is 12.5 Å². The van der Waals surface area contributed by atoms with E-state index < -0.39 is 9.84 Å². The number of rotatable bonds is 6. The molecule has 0 N–H and O–H groups in total. The summed E-state index contributed by atoms with van der Waals surface area (Å²) in [4.78, 5) is 20.4. The molecule has 2 aliphatic carbocycles. The Morgan fingerprint density at radius 1 is 0.941 bits per heavy atom. The van der Waals surface area contributed by atoms with Crippen LogP contribution in [0, 0.1) is 5.92 Å². The fraction of sp³-hybridized carbons (Fsp3) is 0.519. The molecule has 0 unspecified atom stereocenters. The summed E-state index contributed by atoms with van der Waals surface area (Å²) >= 11 is 0. The van der Waals surface area contributed by atoms with Gasteiger partial charge in [-0.3, -0.25) is 9.80 Å². The van der Waals surface area contributed by atoms with Gasteiger partial charge in [0.1, 0.15) is 0 Å². The van der Waals surface area contributed by atoms with E-state index in [0.717, 1.165) is 37.9 Å². The smallest absolute Gasteiger partial charge is 0.317 e. The van der Waals surface area contributed by atoms with Gasteiger partial charge in [0.05, 0.1) is 17.0 Å². The molecule has 0 aromatic heterocycles. The van der Waals surface area contributed by atoms with Crippen LogP contribution in [0.15, 0.2) is 59.5 Å². The SMILES string of the molecule is CN(C)[C@]1(c2ccccc2)CC[C@]2(CC1)CN(c1ccc(S(C)(=O)=O)cc1)C(=O)N2CC1CC1. The lowest BCUT2D eigenvalue weighted by atomic mass is 9.68. The molecule has 0 atom stereocenters. The molecule has 1 heterocycles. The van der Waals surface area contributed by atoms with Crippen LogP contribution in [0.25, 0.3) is 0 Å². The Morgan fingerprint density at radius 3 is 2.09 bits per heavy atom. The summed E-state index contributed by atoms with van der Waals surface area (Å²) in [6, 6.07) is 17.6. The second kappa shape index (κ2) is 8.38. The second-order valence-corrected chi connectivity index (χ2v) is 12.7. The zero-order valence-electron chi connectivity index (χ0n) is 20.4. The van der Waals surface area contributed by atoms with Gasteiger partial charge in [-0.2, -0.15) is 0 Å². The number of urea groups is 1. The molecule has 1 saturated heterocycles. The predicted molar refractivity (Wildman–Crippen MR) is 135 cm³/mol. The maximum atomic E-state index is 13.7. The van der Waals surface area contributed by atoms with Crippen molar-refractivity contribution in [3.63, 3.8) is 0 Å². The Bertz CT molecular complexity index is 1150. The van der Waals surface area contributed by atoms with Gasteiger partial charge in [-0.25, -0.2) is 13.2 Å². The minimum absolute atomic E-state index is 0.0225. The van der Waals surface area contributed by atoms with E-state index in [1.54, 1.807) is 24.3 Å². The third-order valence-corrected chi connectivity index (χ3v) is 9.50. The molecule has 1 spiro atoms. The zero-order valence-corrected chi connectivity index (χ0v) is 21.2. The van der Waals surface area contributed by atoms with Crippen LogP contribution < -0.4 is 4.90 Å². The first kappa shape index (κ1) is 23.4. The van der Waals surface area contributed by atoms with Crippen LogP contribution in [-0.4, -0.2) is 63.2 Å². The molecule has 3 fully saturated rings. The molecular weight excluding hydrogens is 446 g/mol. The maximum Gasteiger partial charge on any atom is 0.325 e. The third-order valence-electron chi connectivity index (χ3n) is 8.38. The minimum atomic E-state index is -3.27. The molecule has 0 radical (unpaired) electrons. The molecule has 2 aromatic rings. The van der Waals surface area contributed by atoms with Gasteiger partial charge < -0.3 is 4.90 Å². The average Bonchev–Trinajstić information content (AvgIpc) is 3.61. The van der Waals surface area contributed by atoms with Crippen molar-refractivity contribution in [2.45, 2.75) is 54.5 Å². The number of amides is 2. The molecule has 1 aliphatic heterocycles. The number of sulfone groups is 1. The van der Waals surface area contributed by atoms with Gasteiger partial charge in [0.2, 0.25) is 0 Å². The van der Waals surface area contributed by atoms with E-state index >= 15 is 0 Å². The van der Waals surface area contributed by atoms with Crippen LogP contribution >= 0.6 is 0 Å². The average molecular weight is 482 g/mol. The van der Waals surface area contributed by atoms with Gasteiger partial charge in [0.15, 0.2) is 9.84 Å². The second-order valence-electron chi connectivity index (χ2n) is 10.7. The van der Waals surface area contributed by atoms with E-state index in [-0.39, 0.29) is 22.0 Å². The van der Waals surface area contributed by atoms with Crippen molar-refractivity contribution in [3.8, 4) is 0 Å². The van der Waals surface area contributed by atoms with E-state index in [9.17, 15) is 13.2 Å². The van der Waals surface area contributed by atoms with Crippen molar-refractivity contribution < 1.29 is 13.2 Å². The highest BCUT2D eigenvalue weighted by Gasteiger charge is 2.55. The first-order valence-corrected chi connectivity index (χ1v) is 14.2. The van der Waals surface area contributed by atoms with Crippen molar-refractivity contribution >= 4 is 21.6 Å². The molecule has 2 saturated carbocycles. The van der Waals surface area contributed by atoms with Crippen LogP contribution in [0.5, 0.6) is 0 Å². The molecule has 2 amide bonds. The van der Waals surface area contributed by atoms with Crippen LogP contribution in [0.4, 0.5) is 10.5 Å². The van der Waals surface area contributed by atoms with Crippen molar-refractivity contribution in [3.05, 3.63) is 60.2 Å². The van der Waals surface area contributed by atoms with Gasteiger partial charge >= 0.3 is 6.03 Å². The van der Waals surface area contributed by atoms with Gasteiger partial charge in [-0.15, -0.1) is 0 Å². The zero-order chi connectivity index (χ0) is 24.1. The Morgan fingerprint density at radius 2 is 1.56 bits per heavy atom. The standard InChI is InChI=1S/C27H35N3O3S/c1-28(2)27(22-7-5-4-6-8-22)17-15-26(16-18-27)20-29(25(31)30(26)19-21-9-10-21)23-11-13-24(14-12-23)34(3,32)33/h4-8,11-14,21H,9-10,15-20H2,1-3H3/t26-,27+. The molecule has 6 nitrogen and oxygen atoms in total. The normalized spacial score (nSPS) is 27.7. The highest BCUT2D eigenvalue weighted by Crippen LogP contribution is 2.50. The van der Waals surface area contributed by atoms with Crippen molar-refractivity contribution in [2.24, 2.45) is 5.92 Å². The Kier molecular flexibility index (Phi) is 5.76. The van der Waals surface area contributed by atoms with Crippen LogP contribution in [0.3, 0.4) is 0 Å². The summed E-state index contributed by atoms with van der Waals surface area (Å²) in [6.07, 6.45) is 7.52. The van der Waals surface area contributed by atoms with Gasteiger partial charge in [-0.1, -0.05) is 30.3 Å². The third kappa shape index (κ3) is 4.03. The molecular formula is C27H35N3O3S. The first-order chi connectivity index (χ1) is 16.1. The fourth-order valence-electron chi connectivity index (χ4n) is 6.00. The largest absolute Gasteiger partial charge is 0.325 e. The predicted octanol–water partition coefficient (Wildman–Crippen LogP) is 4.51. The number of carbonyl (C=O) groups is 1. The fourth-order valence-corrected chi connectivity index (χ4v) is 6.63. The Labute approximate surface area is 203 Å². The number of anilines is 1. The van der Waals surface area contributed by atoms with E-state index in [2.05, 4.69) is 54.2 Å². The maximum absolute atomic E-state index is 13.7. The summed E-state index contributed by atoms with van der Waals surface area (Å²) in [5.41, 5.74) is 1.93. The lowest BCUT2D eigenvalue weighted by Gasteiger charge is -2.51. The Hall–Kier alpha value is -2.38. The molecule has 34 heavy (non-hydrogen) atoms. The first-order valence-electron chi connectivity index (χ1n) is 12.3. The van der Waals surface area contributed by atoms with Crippen molar-refractivity contribution in [1.29, 1.82) is 0 Å². The van der Waals surface area contributed by atoms with Gasteiger partial charge in [0.25, 0.3) is 0 Å². The van der Waals surface area contributed by atoms with E-state index in [1.165, 1.54) is 24.7 Å². The topological polar surface area (TPSA) is 60.9 Å². The number of benzene rings is 2. The van der Waals surface area contributed by atoms with Crippen molar-refractivity contribution in [2.75, 3.05) is 38.3 Å². The number of nitrogens with zero attached hydrogens (tertiary/aromatic N) is 3. The molecule has 182 valence electrons. The summed E-state index contributed by atoms with van der Waals surface area (Å²) < 4.78 is 23.8. The number of hydrogen-bond donors (Lipinski definition) is 0. The molecule has 3 aliphatic rings. The lowest BCUT2D eigenvalue weighted by Crippen LogP contribution is -2.55. The molecule has 0 bridgehead atoms. The Balaban J connectivity index is 1.44. The highest BCUT2D eigenvalue weighted by atomic mass is 32.2. The van der Waals surface area contributed by atoms with Gasteiger partial charge in [0, 0.05) is 24.0 Å². The van der Waals surface area contributed by atoms with Crippen molar-refractivity contribution in [1.82, 2.24) is 9.80 Å². The molecule has 5 rings (SSSR count). The monoisotopic (exact) mass is 481 g/mol. The number of hydrogen-bond acceptors (Lipinski definition) is 4. The number of carbonyl (C=O) groups excluding carboxylic acids is 1.